The quantitative estimate of drug-likeness (QED) is 0.725. The zero-order chi connectivity index (χ0) is 12.7. The number of rotatable bonds is 7. The fraction of sp³-hybridized carbons (Fsp3) is 0.467. The third-order valence-corrected chi connectivity index (χ3v) is 2.69. The van der Waals surface area contributed by atoms with E-state index in [4.69, 9.17) is 4.74 Å². The van der Waals surface area contributed by atoms with E-state index >= 15 is 0 Å². The maximum Gasteiger partial charge on any atom is 0.119 e. The molecule has 0 saturated heterocycles. The van der Waals surface area contributed by atoms with Crippen molar-refractivity contribution in [2.75, 3.05) is 13.2 Å². The van der Waals surface area contributed by atoms with Crippen molar-refractivity contribution in [1.82, 2.24) is 5.32 Å². The van der Waals surface area contributed by atoms with E-state index in [2.05, 4.69) is 37.9 Å². The Balaban J connectivity index is 2.47. The molecule has 2 heteroatoms. The lowest BCUT2D eigenvalue weighted by molar-refractivity contribution is 0.321. The normalized spacial score (nSPS) is 12.2. The molecule has 1 rings (SSSR count). The molecule has 0 radical (unpaired) electrons. The summed E-state index contributed by atoms with van der Waals surface area (Å²) < 4.78 is 5.63. The summed E-state index contributed by atoms with van der Waals surface area (Å²) in [5.41, 5.74) is 2.45. The van der Waals surface area contributed by atoms with Crippen LogP contribution in [0.15, 0.2) is 36.4 Å². The summed E-state index contributed by atoms with van der Waals surface area (Å²) in [4.78, 5) is 0. The Labute approximate surface area is 105 Å². The maximum atomic E-state index is 5.63. The summed E-state index contributed by atoms with van der Waals surface area (Å²) in [6.45, 7) is 11.8. The smallest absolute Gasteiger partial charge is 0.119 e. The van der Waals surface area contributed by atoms with Crippen LogP contribution in [0.25, 0.3) is 0 Å². The Morgan fingerprint density at radius 1 is 1.35 bits per heavy atom. The topological polar surface area (TPSA) is 21.3 Å². The lowest BCUT2D eigenvalue weighted by atomic mass is 10.1. The second-order valence-electron chi connectivity index (χ2n) is 4.40. The summed E-state index contributed by atoms with van der Waals surface area (Å²) in [5.74, 6) is 0.929. The summed E-state index contributed by atoms with van der Waals surface area (Å²) in [6, 6.07) is 8.68. The Kier molecular flexibility index (Phi) is 5.78. The zero-order valence-corrected chi connectivity index (χ0v) is 11.1. The van der Waals surface area contributed by atoms with Gasteiger partial charge in [0.2, 0.25) is 0 Å². The number of ether oxygens (including phenoxy) is 1. The molecule has 2 nitrogen and oxygen atoms in total. The average molecular weight is 233 g/mol. The highest BCUT2D eigenvalue weighted by molar-refractivity contribution is 5.28. The van der Waals surface area contributed by atoms with Crippen LogP contribution in [0.1, 0.15) is 38.8 Å². The largest absolute Gasteiger partial charge is 0.493 e. The number of hydrogen-bond donors (Lipinski definition) is 1. The lowest BCUT2D eigenvalue weighted by Gasteiger charge is -2.13. The van der Waals surface area contributed by atoms with E-state index in [9.17, 15) is 0 Å². The first-order chi connectivity index (χ1) is 8.13. The first-order valence-corrected chi connectivity index (χ1v) is 6.24. The molecule has 1 aromatic rings. The van der Waals surface area contributed by atoms with Gasteiger partial charge in [0.15, 0.2) is 0 Å². The van der Waals surface area contributed by atoms with Crippen molar-refractivity contribution >= 4 is 0 Å². The minimum absolute atomic E-state index is 0.393. The minimum Gasteiger partial charge on any atom is -0.493 e. The molecule has 1 aromatic carbocycles. The van der Waals surface area contributed by atoms with Crippen LogP contribution in [0, 0.1) is 0 Å². The molecule has 1 N–H and O–H groups in total. The van der Waals surface area contributed by atoms with Gasteiger partial charge in [-0.05, 0) is 38.1 Å². The van der Waals surface area contributed by atoms with E-state index in [1.165, 1.54) is 5.56 Å². The van der Waals surface area contributed by atoms with Crippen molar-refractivity contribution in [3.05, 3.63) is 42.0 Å². The SMILES string of the molecule is C=C(C)CCOc1ccc(C(C)NCC)cc1. The van der Waals surface area contributed by atoms with E-state index in [1.807, 2.05) is 19.1 Å². The van der Waals surface area contributed by atoms with Crippen LogP contribution in [0.2, 0.25) is 0 Å². The zero-order valence-electron chi connectivity index (χ0n) is 11.1. The van der Waals surface area contributed by atoms with Crippen molar-refractivity contribution in [2.24, 2.45) is 0 Å². The predicted octanol–water partition coefficient (Wildman–Crippen LogP) is 3.70. The Bertz CT molecular complexity index is 342. The molecule has 1 atom stereocenters. The van der Waals surface area contributed by atoms with Crippen LogP contribution in [0.4, 0.5) is 0 Å². The van der Waals surface area contributed by atoms with Crippen LogP contribution in [0.5, 0.6) is 5.75 Å². The fourth-order valence-corrected chi connectivity index (χ4v) is 1.62. The molecular formula is C15H23NO. The van der Waals surface area contributed by atoms with E-state index in [-0.39, 0.29) is 0 Å². The lowest BCUT2D eigenvalue weighted by Crippen LogP contribution is -2.17. The van der Waals surface area contributed by atoms with Crippen molar-refractivity contribution in [2.45, 2.75) is 33.2 Å². The van der Waals surface area contributed by atoms with E-state index < -0.39 is 0 Å². The van der Waals surface area contributed by atoms with Crippen molar-refractivity contribution in [1.29, 1.82) is 0 Å². The fourth-order valence-electron chi connectivity index (χ4n) is 1.62. The molecule has 0 saturated carbocycles. The first-order valence-electron chi connectivity index (χ1n) is 6.24. The summed E-state index contributed by atoms with van der Waals surface area (Å²) in [5, 5.41) is 3.39. The second kappa shape index (κ2) is 7.13. The van der Waals surface area contributed by atoms with Crippen molar-refractivity contribution in [3.8, 4) is 5.75 Å². The van der Waals surface area contributed by atoms with Crippen molar-refractivity contribution in [3.63, 3.8) is 0 Å². The van der Waals surface area contributed by atoms with Crippen LogP contribution < -0.4 is 10.1 Å². The third kappa shape index (κ3) is 5.05. The van der Waals surface area contributed by atoms with Gasteiger partial charge in [-0.1, -0.05) is 24.6 Å². The highest BCUT2D eigenvalue weighted by Crippen LogP contribution is 2.17. The predicted molar refractivity (Wildman–Crippen MR) is 73.5 cm³/mol. The highest BCUT2D eigenvalue weighted by atomic mass is 16.5. The Morgan fingerprint density at radius 2 is 2.00 bits per heavy atom. The van der Waals surface area contributed by atoms with Gasteiger partial charge in [0.05, 0.1) is 6.61 Å². The highest BCUT2D eigenvalue weighted by Gasteiger charge is 2.03. The Morgan fingerprint density at radius 3 is 2.53 bits per heavy atom. The molecule has 0 aliphatic heterocycles. The van der Waals surface area contributed by atoms with Gasteiger partial charge in [-0.3, -0.25) is 0 Å². The summed E-state index contributed by atoms with van der Waals surface area (Å²) in [6.07, 6.45) is 0.912. The Hall–Kier alpha value is -1.28. The van der Waals surface area contributed by atoms with Gasteiger partial charge in [-0.25, -0.2) is 0 Å². The molecule has 0 aliphatic carbocycles. The van der Waals surface area contributed by atoms with Gasteiger partial charge < -0.3 is 10.1 Å². The first kappa shape index (κ1) is 13.8. The average Bonchev–Trinajstić information content (AvgIpc) is 2.30. The summed E-state index contributed by atoms with van der Waals surface area (Å²) >= 11 is 0. The van der Waals surface area contributed by atoms with E-state index in [0.29, 0.717) is 12.6 Å². The molecule has 0 fully saturated rings. The molecule has 0 spiro atoms. The van der Waals surface area contributed by atoms with Crippen LogP contribution >= 0.6 is 0 Å². The third-order valence-electron chi connectivity index (χ3n) is 2.69. The molecule has 94 valence electrons. The van der Waals surface area contributed by atoms with Gasteiger partial charge in [0.1, 0.15) is 5.75 Å². The van der Waals surface area contributed by atoms with E-state index in [1.54, 1.807) is 0 Å². The minimum atomic E-state index is 0.393. The molecule has 0 amide bonds. The van der Waals surface area contributed by atoms with Gasteiger partial charge in [0.25, 0.3) is 0 Å². The van der Waals surface area contributed by atoms with Gasteiger partial charge in [-0.2, -0.15) is 0 Å². The number of hydrogen-bond acceptors (Lipinski definition) is 2. The molecule has 0 aliphatic rings. The molecule has 1 unspecified atom stereocenters. The molecule has 17 heavy (non-hydrogen) atoms. The molecule has 0 bridgehead atoms. The number of benzene rings is 1. The van der Waals surface area contributed by atoms with Crippen LogP contribution in [-0.2, 0) is 0 Å². The second-order valence-corrected chi connectivity index (χ2v) is 4.40. The van der Waals surface area contributed by atoms with Crippen molar-refractivity contribution < 1.29 is 4.74 Å². The maximum absolute atomic E-state index is 5.63. The van der Waals surface area contributed by atoms with Crippen LogP contribution in [-0.4, -0.2) is 13.2 Å². The number of nitrogens with one attached hydrogen (secondary N) is 1. The van der Waals surface area contributed by atoms with Crippen LogP contribution in [0.3, 0.4) is 0 Å². The van der Waals surface area contributed by atoms with Gasteiger partial charge in [-0.15, -0.1) is 6.58 Å². The standard InChI is InChI=1S/C15H23NO/c1-5-16-13(4)14-6-8-15(9-7-14)17-11-10-12(2)3/h6-9,13,16H,2,5,10-11H2,1,3-4H3. The van der Waals surface area contributed by atoms with Gasteiger partial charge >= 0.3 is 0 Å². The summed E-state index contributed by atoms with van der Waals surface area (Å²) in [7, 11) is 0. The molecular weight excluding hydrogens is 210 g/mol. The van der Waals surface area contributed by atoms with E-state index in [0.717, 1.165) is 24.3 Å². The molecule has 0 heterocycles. The monoisotopic (exact) mass is 233 g/mol. The van der Waals surface area contributed by atoms with Gasteiger partial charge in [0, 0.05) is 12.5 Å². The molecule has 0 aromatic heterocycles.